The van der Waals surface area contributed by atoms with Crippen LogP contribution in [0.15, 0.2) is 48.5 Å². The zero-order valence-corrected chi connectivity index (χ0v) is 15.9. The van der Waals surface area contributed by atoms with Crippen LogP contribution in [-0.4, -0.2) is 49.4 Å². The summed E-state index contributed by atoms with van der Waals surface area (Å²) in [6.45, 7) is 2.40. The number of rotatable bonds is 9. The third-order valence-corrected chi connectivity index (χ3v) is 4.02. The van der Waals surface area contributed by atoms with Crippen molar-refractivity contribution in [2.45, 2.75) is 6.92 Å². The number of carbonyl (C=O) groups excluding carboxylic acids is 3. The number of amides is 3. The summed E-state index contributed by atoms with van der Waals surface area (Å²) in [5.74, 6) is -0.506. The van der Waals surface area contributed by atoms with E-state index in [9.17, 15) is 14.4 Å². The van der Waals surface area contributed by atoms with Gasteiger partial charge in [0.15, 0.2) is 0 Å². The normalized spacial score (nSPS) is 10.4. The number of carbonyl (C=O) groups is 3. The molecule has 0 bridgehead atoms. The maximum atomic E-state index is 12.3. The number of likely N-dealkylation sites (N-methyl/N-ethyl adjacent to an activating group) is 1. The van der Waals surface area contributed by atoms with Crippen LogP contribution in [0.3, 0.4) is 0 Å². The summed E-state index contributed by atoms with van der Waals surface area (Å²) in [5.41, 5.74) is 6.53. The predicted molar refractivity (Wildman–Crippen MR) is 107 cm³/mol. The number of hydrogen-bond donors (Lipinski definition) is 3. The van der Waals surface area contributed by atoms with Crippen LogP contribution in [0.5, 0.6) is 5.75 Å². The SMILES string of the molecule is CCN(CC(=O)Nc1ccc(OC)cc1)CC(=O)Nc1ccccc1C(N)=O. The molecule has 0 aliphatic heterocycles. The van der Waals surface area contributed by atoms with Gasteiger partial charge in [-0.2, -0.15) is 0 Å². The minimum absolute atomic E-state index is 0.000368. The molecule has 8 heteroatoms. The van der Waals surface area contributed by atoms with Gasteiger partial charge in [-0.15, -0.1) is 0 Å². The molecule has 0 fully saturated rings. The summed E-state index contributed by atoms with van der Waals surface area (Å²) < 4.78 is 5.08. The Kier molecular flexibility index (Phi) is 7.53. The van der Waals surface area contributed by atoms with Gasteiger partial charge < -0.3 is 21.1 Å². The Bertz CT molecular complexity index is 836. The molecule has 0 aliphatic rings. The molecule has 0 saturated heterocycles. The molecule has 3 amide bonds. The highest BCUT2D eigenvalue weighted by Gasteiger charge is 2.15. The molecule has 8 nitrogen and oxygen atoms in total. The van der Waals surface area contributed by atoms with Crippen LogP contribution >= 0.6 is 0 Å². The zero-order valence-electron chi connectivity index (χ0n) is 15.9. The second-order valence-electron chi connectivity index (χ2n) is 6.04. The highest BCUT2D eigenvalue weighted by Crippen LogP contribution is 2.15. The van der Waals surface area contributed by atoms with Crippen LogP contribution in [0.25, 0.3) is 0 Å². The van der Waals surface area contributed by atoms with E-state index in [1.165, 1.54) is 6.07 Å². The van der Waals surface area contributed by atoms with Crippen molar-refractivity contribution >= 4 is 29.1 Å². The maximum absolute atomic E-state index is 12.3. The minimum atomic E-state index is -0.623. The highest BCUT2D eigenvalue weighted by atomic mass is 16.5. The van der Waals surface area contributed by atoms with Crippen molar-refractivity contribution in [3.8, 4) is 5.75 Å². The summed E-state index contributed by atoms with van der Waals surface area (Å²) in [6, 6.07) is 13.5. The van der Waals surface area contributed by atoms with Gasteiger partial charge in [0.25, 0.3) is 5.91 Å². The van der Waals surface area contributed by atoms with Crippen molar-refractivity contribution in [3.63, 3.8) is 0 Å². The second-order valence-corrected chi connectivity index (χ2v) is 6.04. The monoisotopic (exact) mass is 384 g/mol. The average molecular weight is 384 g/mol. The van der Waals surface area contributed by atoms with E-state index in [0.29, 0.717) is 23.7 Å². The molecule has 28 heavy (non-hydrogen) atoms. The van der Waals surface area contributed by atoms with E-state index in [0.717, 1.165) is 0 Å². The first-order chi connectivity index (χ1) is 13.4. The van der Waals surface area contributed by atoms with Crippen LogP contribution in [0.2, 0.25) is 0 Å². The summed E-state index contributed by atoms with van der Waals surface area (Å²) in [6.07, 6.45) is 0. The number of anilines is 2. The number of nitrogens with one attached hydrogen (secondary N) is 2. The molecule has 0 radical (unpaired) electrons. The smallest absolute Gasteiger partial charge is 0.250 e. The molecule has 0 spiro atoms. The molecule has 2 aromatic carbocycles. The molecule has 0 atom stereocenters. The van der Waals surface area contributed by atoms with Gasteiger partial charge in [-0.05, 0) is 42.9 Å². The fourth-order valence-corrected chi connectivity index (χ4v) is 2.56. The molecule has 0 aromatic heterocycles. The van der Waals surface area contributed by atoms with E-state index in [2.05, 4.69) is 10.6 Å². The maximum Gasteiger partial charge on any atom is 0.250 e. The third-order valence-electron chi connectivity index (χ3n) is 4.02. The molecule has 0 heterocycles. The van der Waals surface area contributed by atoms with Crippen LogP contribution in [0.4, 0.5) is 11.4 Å². The average Bonchev–Trinajstić information content (AvgIpc) is 2.68. The van der Waals surface area contributed by atoms with Gasteiger partial charge in [0.1, 0.15) is 5.75 Å². The number of methoxy groups -OCH3 is 1. The summed E-state index contributed by atoms with van der Waals surface area (Å²) in [5, 5.41) is 5.44. The Morgan fingerprint density at radius 3 is 2.14 bits per heavy atom. The Hall–Kier alpha value is -3.39. The summed E-state index contributed by atoms with van der Waals surface area (Å²) >= 11 is 0. The van der Waals surface area contributed by atoms with Gasteiger partial charge in [0, 0.05) is 5.69 Å². The van der Waals surface area contributed by atoms with Gasteiger partial charge in [-0.25, -0.2) is 0 Å². The quantitative estimate of drug-likeness (QED) is 0.609. The molecular weight excluding hydrogens is 360 g/mol. The fourth-order valence-electron chi connectivity index (χ4n) is 2.56. The number of primary amides is 1. The first kappa shape index (κ1) is 20.9. The van der Waals surface area contributed by atoms with E-state index < -0.39 is 5.91 Å². The predicted octanol–water partition coefficient (Wildman–Crippen LogP) is 1.69. The summed E-state index contributed by atoms with van der Waals surface area (Å²) in [4.78, 5) is 37.7. The van der Waals surface area contributed by atoms with E-state index in [4.69, 9.17) is 10.5 Å². The number of para-hydroxylation sites is 1. The van der Waals surface area contributed by atoms with Gasteiger partial charge in [0.2, 0.25) is 11.8 Å². The van der Waals surface area contributed by atoms with Crippen molar-refractivity contribution in [3.05, 3.63) is 54.1 Å². The first-order valence-corrected chi connectivity index (χ1v) is 8.78. The van der Waals surface area contributed by atoms with Gasteiger partial charge >= 0.3 is 0 Å². The van der Waals surface area contributed by atoms with Gasteiger partial charge in [-0.3, -0.25) is 19.3 Å². The molecule has 2 aromatic rings. The Morgan fingerprint density at radius 2 is 1.57 bits per heavy atom. The van der Waals surface area contributed by atoms with Crippen molar-refractivity contribution in [2.75, 3.05) is 37.4 Å². The van der Waals surface area contributed by atoms with Gasteiger partial charge in [0.05, 0.1) is 31.5 Å². The van der Waals surface area contributed by atoms with Gasteiger partial charge in [-0.1, -0.05) is 19.1 Å². The van der Waals surface area contributed by atoms with Crippen LogP contribution in [0.1, 0.15) is 17.3 Å². The van der Waals surface area contributed by atoms with Crippen molar-refractivity contribution in [1.82, 2.24) is 4.90 Å². The molecule has 0 saturated carbocycles. The van der Waals surface area contributed by atoms with E-state index >= 15 is 0 Å². The molecule has 2 rings (SSSR count). The lowest BCUT2D eigenvalue weighted by molar-refractivity contribution is -0.119. The van der Waals surface area contributed by atoms with E-state index in [1.54, 1.807) is 54.5 Å². The number of hydrogen-bond acceptors (Lipinski definition) is 5. The molecule has 0 aliphatic carbocycles. The lowest BCUT2D eigenvalue weighted by Crippen LogP contribution is -2.38. The van der Waals surface area contributed by atoms with Crippen LogP contribution in [-0.2, 0) is 9.59 Å². The molecular formula is C20H24N4O4. The van der Waals surface area contributed by atoms with E-state index in [-0.39, 0.29) is 30.5 Å². The zero-order chi connectivity index (χ0) is 20.5. The highest BCUT2D eigenvalue weighted by molar-refractivity contribution is 6.03. The Balaban J connectivity index is 1.91. The number of nitrogens with zero attached hydrogens (tertiary/aromatic N) is 1. The van der Waals surface area contributed by atoms with E-state index in [1.807, 2.05) is 6.92 Å². The molecule has 0 unspecified atom stereocenters. The van der Waals surface area contributed by atoms with Crippen LogP contribution < -0.4 is 21.1 Å². The number of benzene rings is 2. The standard InChI is InChI=1S/C20H24N4O4/c1-3-24(12-18(25)22-14-8-10-15(28-2)11-9-14)13-19(26)23-17-7-5-4-6-16(17)20(21)27/h4-11H,3,12-13H2,1-2H3,(H2,21,27)(H,22,25)(H,23,26). The number of ether oxygens (including phenoxy) is 1. The Morgan fingerprint density at radius 1 is 0.964 bits per heavy atom. The fraction of sp³-hybridized carbons (Fsp3) is 0.250. The van der Waals surface area contributed by atoms with Crippen molar-refractivity contribution in [2.24, 2.45) is 5.73 Å². The lowest BCUT2D eigenvalue weighted by Gasteiger charge is -2.19. The molecule has 4 N–H and O–H groups in total. The largest absolute Gasteiger partial charge is 0.497 e. The van der Waals surface area contributed by atoms with Crippen molar-refractivity contribution < 1.29 is 19.1 Å². The topological polar surface area (TPSA) is 114 Å². The third kappa shape index (κ3) is 6.10. The number of nitrogens with two attached hydrogens (primary N) is 1. The molecule has 148 valence electrons. The lowest BCUT2D eigenvalue weighted by atomic mass is 10.1. The second kappa shape index (κ2) is 10.1. The summed E-state index contributed by atoms with van der Waals surface area (Å²) in [7, 11) is 1.57. The Labute approximate surface area is 163 Å². The minimum Gasteiger partial charge on any atom is -0.497 e. The van der Waals surface area contributed by atoms with Crippen LogP contribution in [0, 0.1) is 0 Å². The first-order valence-electron chi connectivity index (χ1n) is 8.78. The van der Waals surface area contributed by atoms with Crippen molar-refractivity contribution in [1.29, 1.82) is 0 Å².